The summed E-state index contributed by atoms with van der Waals surface area (Å²) < 4.78 is 23.4. The molecule has 0 unspecified atom stereocenters. The average Bonchev–Trinajstić information content (AvgIpc) is 2.47. The number of halogens is 6. The molecule has 0 N–H and O–H groups in total. The average molecular weight is 456 g/mol. The highest BCUT2D eigenvalue weighted by molar-refractivity contribution is 7.33. The zero-order chi connectivity index (χ0) is 17.1. The lowest BCUT2D eigenvalue weighted by Gasteiger charge is -2.26. The van der Waals surface area contributed by atoms with Crippen LogP contribution in [0.3, 0.4) is 0 Å². The van der Waals surface area contributed by atoms with Gasteiger partial charge in [-0.15, -0.1) is 78.7 Å². The van der Waals surface area contributed by atoms with E-state index in [0.717, 1.165) is 0 Å². The lowest BCUT2D eigenvalue weighted by molar-refractivity contribution is 0.0254. The second-order valence-electron chi connectivity index (χ2n) is 4.80. The van der Waals surface area contributed by atoms with Gasteiger partial charge in [0.2, 0.25) is 0 Å². The lowest BCUT2D eigenvalue weighted by atomic mass is 10.0. The van der Waals surface area contributed by atoms with Crippen molar-refractivity contribution >= 4 is 77.9 Å². The van der Waals surface area contributed by atoms with Gasteiger partial charge in [0.15, 0.2) is 0 Å². The Morgan fingerprint density at radius 3 is 1.09 bits per heavy atom. The molecule has 0 saturated carbocycles. The highest BCUT2D eigenvalue weighted by Crippen LogP contribution is 2.42. The van der Waals surface area contributed by atoms with Crippen molar-refractivity contribution in [3.05, 3.63) is 0 Å². The third-order valence-electron chi connectivity index (χ3n) is 3.22. The fourth-order valence-electron chi connectivity index (χ4n) is 1.77. The zero-order valence-electron chi connectivity index (χ0n) is 12.0. The minimum atomic E-state index is -2.47. The van der Waals surface area contributed by atoms with Crippen LogP contribution in [0.15, 0.2) is 0 Å². The normalized spacial score (nSPS) is 12.6. The van der Waals surface area contributed by atoms with Crippen LogP contribution in [0.25, 0.3) is 0 Å². The van der Waals surface area contributed by atoms with Crippen LogP contribution >= 0.6 is 77.9 Å². The Bertz CT molecular complexity index is 281. The molecule has 0 aliphatic rings. The molecule has 0 aliphatic carbocycles. The molecule has 0 aromatic rings. The van der Waals surface area contributed by atoms with Gasteiger partial charge in [-0.1, -0.05) is 0 Å². The molecule has 0 amide bonds. The highest BCUT2D eigenvalue weighted by atomic mass is 35.5. The Hall–Kier alpha value is 1.76. The summed E-state index contributed by atoms with van der Waals surface area (Å²) in [5.41, 5.74) is -1.78. The first-order valence-electron chi connectivity index (χ1n) is 6.68. The number of hydrogen-bond acceptors (Lipinski definition) is 3. The minimum Gasteiger partial charge on any atom is -0.127 e. The first-order valence-corrected chi connectivity index (χ1v) is 11.0. The van der Waals surface area contributed by atoms with E-state index in [-0.39, 0.29) is 11.8 Å². The molecule has 0 saturated heterocycles. The molecule has 10 heteroatoms. The van der Waals surface area contributed by atoms with Crippen molar-refractivity contribution < 1.29 is 13.6 Å². The van der Waals surface area contributed by atoms with Gasteiger partial charge in [0, 0.05) is 28.1 Å². The molecule has 3 nitrogen and oxygen atoms in total. The molecule has 0 aromatic heterocycles. The molecule has 132 valence electrons. The molecule has 0 fully saturated rings. The van der Waals surface area contributed by atoms with Crippen LogP contribution in [0.4, 0.5) is 0 Å². The van der Waals surface area contributed by atoms with Gasteiger partial charge in [-0.2, -0.15) is 0 Å². The van der Waals surface area contributed by atoms with E-state index >= 15 is 0 Å². The zero-order valence-corrected chi connectivity index (χ0v) is 17.4. The summed E-state index contributed by atoms with van der Waals surface area (Å²) in [6.45, 7) is 0. The molecular formula is C12H20Cl6O3P+. The van der Waals surface area contributed by atoms with Crippen LogP contribution in [0.2, 0.25) is 0 Å². The van der Waals surface area contributed by atoms with Crippen LogP contribution in [0.5, 0.6) is 0 Å². The van der Waals surface area contributed by atoms with E-state index in [1.54, 1.807) is 0 Å². The SMILES string of the molecule is O=[P+](OC(CCl)(CCCl)CCCl)OC(CCl)(CCCl)CCCl. The van der Waals surface area contributed by atoms with Crippen molar-refractivity contribution in [1.82, 2.24) is 0 Å². The monoisotopic (exact) mass is 453 g/mol. The van der Waals surface area contributed by atoms with Gasteiger partial charge in [-0.25, -0.2) is 0 Å². The Morgan fingerprint density at radius 1 is 0.636 bits per heavy atom. The molecule has 0 heterocycles. The van der Waals surface area contributed by atoms with Crippen LogP contribution in [-0.2, 0) is 13.6 Å². The Kier molecular flexibility index (Phi) is 14.1. The molecule has 0 atom stereocenters. The maximum absolute atomic E-state index is 12.3. The number of alkyl halides is 6. The summed E-state index contributed by atoms with van der Waals surface area (Å²) in [5.74, 6) is 1.42. The van der Waals surface area contributed by atoms with Crippen molar-refractivity contribution in [2.24, 2.45) is 0 Å². The van der Waals surface area contributed by atoms with E-state index in [4.69, 9.17) is 78.7 Å². The fraction of sp³-hybridized carbons (Fsp3) is 1.00. The maximum Gasteiger partial charge on any atom is 0.698 e. The fourth-order valence-corrected chi connectivity index (χ4v) is 5.11. The molecule has 0 rings (SSSR count). The summed E-state index contributed by atoms with van der Waals surface area (Å²) in [7, 11) is -2.47. The molecule has 0 aromatic carbocycles. The Morgan fingerprint density at radius 2 is 0.909 bits per heavy atom. The van der Waals surface area contributed by atoms with Crippen molar-refractivity contribution in [2.45, 2.75) is 36.9 Å². The second kappa shape index (κ2) is 13.0. The largest absolute Gasteiger partial charge is 0.698 e. The summed E-state index contributed by atoms with van der Waals surface area (Å²) in [6, 6.07) is 0. The van der Waals surface area contributed by atoms with Crippen molar-refractivity contribution in [1.29, 1.82) is 0 Å². The van der Waals surface area contributed by atoms with E-state index in [1.807, 2.05) is 0 Å². The van der Waals surface area contributed by atoms with Crippen LogP contribution in [-0.4, -0.2) is 46.5 Å². The maximum atomic E-state index is 12.3. The predicted molar refractivity (Wildman–Crippen MR) is 98.0 cm³/mol. The molecule has 0 bridgehead atoms. The molecule has 0 aliphatic heterocycles. The lowest BCUT2D eigenvalue weighted by Crippen LogP contribution is -2.37. The molecule has 0 spiro atoms. The molecule has 22 heavy (non-hydrogen) atoms. The summed E-state index contributed by atoms with van der Waals surface area (Å²) in [4.78, 5) is 0. The topological polar surface area (TPSA) is 35.5 Å². The molecule has 0 radical (unpaired) electrons. The number of rotatable bonds is 14. The Balaban J connectivity index is 4.97. The van der Waals surface area contributed by atoms with Crippen LogP contribution < -0.4 is 0 Å². The Labute approximate surface area is 163 Å². The van der Waals surface area contributed by atoms with Crippen molar-refractivity contribution in [3.8, 4) is 0 Å². The van der Waals surface area contributed by atoms with E-state index in [9.17, 15) is 4.57 Å². The third-order valence-corrected chi connectivity index (χ3v) is 6.03. The van der Waals surface area contributed by atoms with Gasteiger partial charge in [-0.05, 0) is 25.7 Å². The van der Waals surface area contributed by atoms with Gasteiger partial charge >= 0.3 is 8.25 Å². The quantitative estimate of drug-likeness (QED) is 0.233. The highest BCUT2D eigenvalue weighted by Gasteiger charge is 2.46. The van der Waals surface area contributed by atoms with Crippen LogP contribution in [0, 0.1) is 0 Å². The summed E-state index contributed by atoms with van der Waals surface area (Å²) in [5, 5.41) is 0. The van der Waals surface area contributed by atoms with E-state index in [1.165, 1.54) is 0 Å². The predicted octanol–water partition coefficient (Wildman–Crippen LogP) is 6.15. The van der Waals surface area contributed by atoms with Crippen LogP contribution in [0.1, 0.15) is 25.7 Å². The van der Waals surface area contributed by atoms with Gasteiger partial charge in [0.25, 0.3) is 0 Å². The first-order chi connectivity index (χ1) is 10.5. The second-order valence-corrected chi connectivity index (χ2v) is 7.65. The smallest absolute Gasteiger partial charge is 0.127 e. The first kappa shape index (κ1) is 23.8. The van der Waals surface area contributed by atoms with Crippen molar-refractivity contribution in [2.75, 3.05) is 35.3 Å². The van der Waals surface area contributed by atoms with Gasteiger partial charge < -0.3 is 0 Å². The van der Waals surface area contributed by atoms with Gasteiger partial charge in [0.05, 0.1) is 11.8 Å². The molecular weight excluding hydrogens is 436 g/mol. The summed E-state index contributed by atoms with van der Waals surface area (Å²) >= 11 is 35.0. The van der Waals surface area contributed by atoms with E-state index in [0.29, 0.717) is 49.2 Å². The summed E-state index contributed by atoms with van der Waals surface area (Å²) in [6.07, 6.45) is 1.64. The van der Waals surface area contributed by atoms with Gasteiger partial charge in [0.1, 0.15) is 11.2 Å². The van der Waals surface area contributed by atoms with Gasteiger partial charge in [-0.3, -0.25) is 0 Å². The number of hydrogen-bond donors (Lipinski definition) is 0. The van der Waals surface area contributed by atoms with Crippen molar-refractivity contribution in [3.63, 3.8) is 0 Å². The minimum absolute atomic E-state index is 0.107. The van der Waals surface area contributed by atoms with E-state index in [2.05, 4.69) is 0 Å². The third kappa shape index (κ3) is 8.23. The standard InChI is InChI=1S/C12H20Cl6O3P/c13-5-1-11(9-17,2-6-14)20-22(19)21-12(10-18,3-7-15)4-8-16/h1-10H2/q+1. The van der Waals surface area contributed by atoms with E-state index < -0.39 is 19.5 Å².